The Hall–Kier alpha value is -3.64. The van der Waals surface area contributed by atoms with Gasteiger partial charge in [-0.05, 0) is 55.5 Å². The zero-order chi connectivity index (χ0) is 22.9. The molecule has 1 fully saturated rings. The lowest BCUT2D eigenvalue weighted by Crippen LogP contribution is -2.25. The van der Waals surface area contributed by atoms with Crippen molar-refractivity contribution in [1.29, 1.82) is 0 Å². The maximum atomic E-state index is 15.1. The Morgan fingerprint density at radius 3 is 2.44 bits per heavy atom. The quantitative estimate of drug-likeness (QED) is 0.571. The summed E-state index contributed by atoms with van der Waals surface area (Å²) in [6.45, 7) is 1.69. The Morgan fingerprint density at radius 1 is 1.06 bits per heavy atom. The fourth-order valence-electron chi connectivity index (χ4n) is 2.98. The summed E-state index contributed by atoms with van der Waals surface area (Å²) in [5.41, 5.74) is -0.679. The second kappa shape index (κ2) is 8.48. The number of hydrogen-bond donors (Lipinski definition) is 2. The number of nitrogens with zero attached hydrogens (tertiary/aromatic N) is 1. The number of pyridine rings is 1. The first-order valence-corrected chi connectivity index (χ1v) is 11.4. The van der Waals surface area contributed by atoms with Crippen molar-refractivity contribution >= 4 is 27.1 Å². The van der Waals surface area contributed by atoms with E-state index in [1.807, 2.05) is 0 Å². The van der Waals surface area contributed by atoms with E-state index in [1.165, 1.54) is 12.1 Å². The van der Waals surface area contributed by atoms with Crippen LogP contribution in [0.15, 0.2) is 59.5 Å². The molecule has 2 N–H and O–H groups in total. The van der Waals surface area contributed by atoms with E-state index in [4.69, 9.17) is 0 Å². The molecule has 0 bridgehead atoms. The molecule has 9 heteroatoms. The molecule has 2 aromatic carbocycles. The van der Waals surface area contributed by atoms with Crippen molar-refractivity contribution in [1.82, 2.24) is 4.57 Å². The summed E-state index contributed by atoms with van der Waals surface area (Å²) in [7, 11) is -3.80. The van der Waals surface area contributed by atoms with Gasteiger partial charge in [-0.25, -0.2) is 17.4 Å². The van der Waals surface area contributed by atoms with Gasteiger partial charge in [-0.15, -0.1) is 0 Å². The third-order valence-corrected chi connectivity index (χ3v) is 6.70. The molecule has 3 aromatic rings. The fraction of sp³-hybridized carbons (Fsp3) is 0.174. The topological polar surface area (TPSA) is 80.2 Å². The zero-order valence-corrected chi connectivity index (χ0v) is 17.8. The Balaban J connectivity index is 1.81. The van der Waals surface area contributed by atoms with Gasteiger partial charge in [0, 0.05) is 17.8 Å². The van der Waals surface area contributed by atoms with E-state index in [2.05, 4.69) is 22.0 Å². The minimum atomic E-state index is -3.80. The molecule has 0 radical (unpaired) electrons. The van der Waals surface area contributed by atoms with Crippen LogP contribution >= 0.6 is 0 Å². The first-order chi connectivity index (χ1) is 15.2. The highest BCUT2D eigenvalue weighted by molar-refractivity contribution is 7.93. The minimum absolute atomic E-state index is 0.103. The molecule has 32 heavy (non-hydrogen) atoms. The van der Waals surface area contributed by atoms with Gasteiger partial charge in [-0.3, -0.25) is 9.52 Å². The summed E-state index contributed by atoms with van der Waals surface area (Å²) in [6, 6.07) is 15.5. The SMILES string of the molecule is Cc1ccc(Nc2c(NS(=O)(=O)C3CC3)cn(C#Cc3ccccc3)c(=O)c2F)c(F)c1. The maximum absolute atomic E-state index is 15.1. The molecular formula is C23H19F2N3O3S. The average Bonchev–Trinajstić information content (AvgIpc) is 3.60. The van der Waals surface area contributed by atoms with E-state index in [9.17, 15) is 17.6 Å². The molecule has 1 saturated carbocycles. The van der Waals surface area contributed by atoms with Crippen molar-refractivity contribution in [2.75, 3.05) is 10.0 Å². The van der Waals surface area contributed by atoms with Crippen molar-refractivity contribution in [3.05, 3.63) is 87.8 Å². The average molecular weight is 455 g/mol. The first-order valence-electron chi connectivity index (χ1n) is 9.81. The Morgan fingerprint density at radius 2 is 1.78 bits per heavy atom. The van der Waals surface area contributed by atoms with Gasteiger partial charge in [0.2, 0.25) is 15.8 Å². The molecule has 1 aliphatic carbocycles. The van der Waals surface area contributed by atoms with Crippen LogP contribution in [0.3, 0.4) is 0 Å². The van der Waals surface area contributed by atoms with Crippen LogP contribution in [-0.2, 0) is 10.0 Å². The normalized spacial score (nSPS) is 13.2. The molecule has 0 spiro atoms. The number of nitrogens with one attached hydrogen (secondary N) is 2. The van der Waals surface area contributed by atoms with E-state index in [0.717, 1.165) is 10.8 Å². The molecule has 1 aromatic heterocycles. The monoisotopic (exact) mass is 455 g/mol. The molecular weight excluding hydrogens is 436 g/mol. The summed E-state index contributed by atoms with van der Waals surface area (Å²) >= 11 is 0. The molecule has 1 aliphatic rings. The smallest absolute Gasteiger partial charge is 0.300 e. The molecule has 164 valence electrons. The number of sulfonamides is 1. The van der Waals surface area contributed by atoms with Crippen LogP contribution in [0.4, 0.5) is 25.8 Å². The highest BCUT2D eigenvalue weighted by Gasteiger charge is 2.36. The summed E-state index contributed by atoms with van der Waals surface area (Å²) in [5, 5.41) is 1.93. The molecule has 0 aliphatic heterocycles. The standard InChI is InChI=1S/C23H19F2N3O3S/c1-15-7-10-19(18(24)13-15)26-22-20(27-32(30,31)17-8-9-17)14-28(23(29)21(22)25)12-11-16-5-3-2-4-6-16/h2-7,10,13-14,17,26-27H,8-9H2,1H3. The van der Waals surface area contributed by atoms with Gasteiger partial charge in [-0.2, -0.15) is 4.39 Å². The number of rotatable bonds is 5. The maximum Gasteiger partial charge on any atom is 0.300 e. The highest BCUT2D eigenvalue weighted by Crippen LogP contribution is 2.33. The lowest BCUT2D eigenvalue weighted by atomic mass is 10.2. The van der Waals surface area contributed by atoms with Gasteiger partial charge in [0.05, 0.1) is 16.6 Å². The van der Waals surface area contributed by atoms with E-state index in [0.29, 0.717) is 24.0 Å². The van der Waals surface area contributed by atoms with Crippen LogP contribution in [0.5, 0.6) is 0 Å². The van der Waals surface area contributed by atoms with Crippen molar-refractivity contribution in [3.63, 3.8) is 0 Å². The van der Waals surface area contributed by atoms with Crippen LogP contribution in [0.2, 0.25) is 0 Å². The van der Waals surface area contributed by atoms with Gasteiger partial charge in [0.1, 0.15) is 11.5 Å². The number of benzene rings is 2. The van der Waals surface area contributed by atoms with Crippen LogP contribution in [0.25, 0.3) is 0 Å². The van der Waals surface area contributed by atoms with Crippen molar-refractivity contribution in [2.45, 2.75) is 25.0 Å². The second-order valence-corrected chi connectivity index (χ2v) is 9.43. The van der Waals surface area contributed by atoms with Crippen LogP contribution < -0.4 is 15.6 Å². The van der Waals surface area contributed by atoms with Crippen molar-refractivity contribution < 1.29 is 17.2 Å². The number of halogens is 2. The first kappa shape index (κ1) is 21.6. The summed E-state index contributed by atoms with van der Waals surface area (Å²) < 4.78 is 57.6. The molecule has 0 amide bonds. The highest BCUT2D eigenvalue weighted by atomic mass is 32.2. The predicted molar refractivity (Wildman–Crippen MR) is 119 cm³/mol. The molecule has 0 unspecified atom stereocenters. The van der Waals surface area contributed by atoms with E-state index in [1.54, 1.807) is 43.3 Å². The van der Waals surface area contributed by atoms with Crippen molar-refractivity contribution in [3.8, 4) is 12.0 Å². The molecule has 6 nitrogen and oxygen atoms in total. The van der Waals surface area contributed by atoms with Crippen LogP contribution in [0.1, 0.15) is 24.0 Å². The minimum Gasteiger partial charge on any atom is -0.349 e. The second-order valence-electron chi connectivity index (χ2n) is 7.46. The van der Waals surface area contributed by atoms with E-state index < -0.39 is 38.2 Å². The molecule has 1 heterocycles. The third-order valence-electron chi connectivity index (χ3n) is 4.85. The molecule has 0 atom stereocenters. The zero-order valence-electron chi connectivity index (χ0n) is 17.0. The van der Waals surface area contributed by atoms with Gasteiger partial charge in [0.15, 0.2) is 0 Å². The van der Waals surface area contributed by atoms with E-state index >= 15 is 4.39 Å². The Labute approximate surface area is 184 Å². The summed E-state index contributed by atoms with van der Waals surface area (Å²) in [6.07, 6.45) is 2.07. The summed E-state index contributed by atoms with van der Waals surface area (Å²) in [5.74, 6) is 0.766. The van der Waals surface area contributed by atoms with E-state index in [-0.39, 0.29) is 11.4 Å². The Bertz CT molecular complexity index is 1400. The number of aromatic nitrogens is 1. The van der Waals surface area contributed by atoms with Gasteiger partial charge < -0.3 is 5.32 Å². The van der Waals surface area contributed by atoms with Gasteiger partial charge >= 0.3 is 5.56 Å². The third kappa shape index (κ3) is 4.65. The van der Waals surface area contributed by atoms with Gasteiger partial charge in [-0.1, -0.05) is 24.3 Å². The Kier molecular flexibility index (Phi) is 5.72. The lowest BCUT2D eigenvalue weighted by molar-refractivity contribution is 0.598. The van der Waals surface area contributed by atoms with Crippen LogP contribution in [-0.4, -0.2) is 18.2 Å². The molecule has 0 saturated heterocycles. The predicted octanol–water partition coefficient (Wildman–Crippen LogP) is 3.94. The van der Waals surface area contributed by atoms with Crippen LogP contribution in [0, 0.1) is 30.5 Å². The number of aryl methyl sites for hydroxylation is 1. The largest absolute Gasteiger partial charge is 0.349 e. The fourth-order valence-corrected chi connectivity index (χ4v) is 4.37. The lowest BCUT2D eigenvalue weighted by Gasteiger charge is -2.16. The van der Waals surface area contributed by atoms with Crippen molar-refractivity contribution in [2.24, 2.45) is 0 Å². The van der Waals surface area contributed by atoms with Gasteiger partial charge in [0.25, 0.3) is 0 Å². The molecule has 4 rings (SSSR count). The number of anilines is 3. The number of hydrogen-bond acceptors (Lipinski definition) is 4. The summed E-state index contributed by atoms with van der Waals surface area (Å²) in [4.78, 5) is 12.6.